The van der Waals surface area contributed by atoms with Gasteiger partial charge in [0.05, 0.1) is 10.5 Å². The van der Waals surface area contributed by atoms with Gasteiger partial charge in [0.25, 0.3) is 15.9 Å². The van der Waals surface area contributed by atoms with Crippen molar-refractivity contribution in [1.29, 1.82) is 0 Å². The van der Waals surface area contributed by atoms with Crippen molar-refractivity contribution in [3.05, 3.63) is 89.7 Å². The number of anilines is 1. The molecule has 0 unspecified atom stereocenters. The molecule has 10 heteroatoms. The zero-order chi connectivity index (χ0) is 22.5. The number of sulfonamides is 1. The summed E-state index contributed by atoms with van der Waals surface area (Å²) in [4.78, 5) is 16.0. The van der Waals surface area contributed by atoms with Crippen LogP contribution < -0.4 is 10.0 Å². The van der Waals surface area contributed by atoms with Crippen LogP contribution in [0.3, 0.4) is 0 Å². The summed E-state index contributed by atoms with van der Waals surface area (Å²) in [7, 11) is -4.13. The predicted molar refractivity (Wildman–Crippen MR) is 109 cm³/mol. The van der Waals surface area contributed by atoms with E-state index in [1.54, 1.807) is 18.5 Å². The van der Waals surface area contributed by atoms with Gasteiger partial charge in [-0.05, 0) is 60.5 Å². The van der Waals surface area contributed by atoms with Gasteiger partial charge in [-0.1, -0.05) is 12.1 Å². The topological polar surface area (TPSA) is 88.2 Å². The fourth-order valence-corrected chi connectivity index (χ4v) is 3.78. The van der Waals surface area contributed by atoms with Crippen molar-refractivity contribution in [1.82, 2.24) is 10.3 Å². The molecule has 1 heterocycles. The number of pyridine rings is 1. The smallest absolute Gasteiger partial charge is 0.352 e. The molecule has 0 fully saturated rings. The Balaban J connectivity index is 1.64. The second-order valence-corrected chi connectivity index (χ2v) is 8.26. The number of rotatable bonds is 7. The van der Waals surface area contributed by atoms with E-state index in [4.69, 9.17) is 0 Å². The minimum Gasteiger partial charge on any atom is -0.352 e. The zero-order valence-electron chi connectivity index (χ0n) is 16.1. The predicted octanol–water partition coefficient (Wildman–Crippen LogP) is 3.87. The van der Waals surface area contributed by atoms with Crippen molar-refractivity contribution in [3.8, 4) is 0 Å². The normalized spacial score (nSPS) is 11.7. The van der Waals surface area contributed by atoms with Crippen molar-refractivity contribution in [2.45, 2.75) is 17.5 Å². The fraction of sp³-hybridized carbons (Fsp3) is 0.143. The minimum absolute atomic E-state index is 0.183. The molecule has 0 aliphatic rings. The van der Waals surface area contributed by atoms with E-state index >= 15 is 0 Å². The minimum atomic E-state index is -4.59. The molecule has 0 atom stereocenters. The lowest BCUT2D eigenvalue weighted by Crippen LogP contribution is -2.25. The fourth-order valence-electron chi connectivity index (χ4n) is 2.73. The van der Waals surface area contributed by atoms with Crippen LogP contribution in [0.2, 0.25) is 0 Å². The van der Waals surface area contributed by atoms with Crippen molar-refractivity contribution >= 4 is 21.6 Å². The Morgan fingerprint density at radius 2 is 1.74 bits per heavy atom. The summed E-state index contributed by atoms with van der Waals surface area (Å²) in [6.07, 6.45) is -0.650. The first-order chi connectivity index (χ1) is 14.6. The van der Waals surface area contributed by atoms with E-state index in [0.717, 1.165) is 17.7 Å². The number of hydrogen-bond acceptors (Lipinski definition) is 4. The van der Waals surface area contributed by atoms with Gasteiger partial charge in [0.2, 0.25) is 0 Å². The third-order valence-electron chi connectivity index (χ3n) is 4.29. The van der Waals surface area contributed by atoms with Crippen molar-refractivity contribution < 1.29 is 26.4 Å². The molecule has 31 heavy (non-hydrogen) atoms. The molecule has 0 aliphatic carbocycles. The molecule has 2 aromatic carbocycles. The summed E-state index contributed by atoms with van der Waals surface area (Å²) in [6.45, 7) is 0.377. The summed E-state index contributed by atoms with van der Waals surface area (Å²) in [5, 5.41) is 2.73. The van der Waals surface area contributed by atoms with Crippen LogP contribution in [0.4, 0.5) is 18.9 Å². The van der Waals surface area contributed by atoms with E-state index in [1.807, 2.05) is 6.07 Å². The van der Waals surface area contributed by atoms with Gasteiger partial charge < -0.3 is 5.32 Å². The number of halogens is 3. The van der Waals surface area contributed by atoms with E-state index in [9.17, 15) is 26.4 Å². The third kappa shape index (κ3) is 6.05. The Kier molecular flexibility index (Phi) is 6.59. The largest absolute Gasteiger partial charge is 0.416 e. The highest BCUT2D eigenvalue weighted by Crippen LogP contribution is 2.31. The van der Waals surface area contributed by atoms with Crippen LogP contribution in [-0.4, -0.2) is 25.9 Å². The van der Waals surface area contributed by atoms with Gasteiger partial charge in [0.15, 0.2) is 0 Å². The summed E-state index contributed by atoms with van der Waals surface area (Å²) < 4.78 is 65.5. The number of aromatic nitrogens is 1. The van der Waals surface area contributed by atoms with Crippen LogP contribution in [0.1, 0.15) is 21.5 Å². The Morgan fingerprint density at radius 3 is 2.39 bits per heavy atom. The molecular formula is C21H18F3N3O3S. The SMILES string of the molecule is O=C(NCCc1cccnc1)c1ccc(S(=O)(=O)Nc2cccc(C(F)(F)F)c2)cc1. The molecule has 0 radical (unpaired) electrons. The molecule has 0 aliphatic heterocycles. The number of nitrogens with zero attached hydrogens (tertiary/aromatic N) is 1. The van der Waals surface area contributed by atoms with E-state index < -0.39 is 21.8 Å². The highest BCUT2D eigenvalue weighted by Gasteiger charge is 2.30. The Hall–Kier alpha value is -3.40. The average molecular weight is 449 g/mol. The molecule has 0 spiro atoms. The highest BCUT2D eigenvalue weighted by molar-refractivity contribution is 7.92. The summed E-state index contributed by atoms with van der Waals surface area (Å²) in [5.74, 6) is -0.376. The van der Waals surface area contributed by atoms with Gasteiger partial charge in [-0.3, -0.25) is 14.5 Å². The summed E-state index contributed by atoms with van der Waals surface area (Å²) >= 11 is 0. The van der Waals surface area contributed by atoms with Crippen LogP contribution >= 0.6 is 0 Å². The number of amides is 1. The number of carbonyl (C=O) groups is 1. The molecule has 162 valence electrons. The van der Waals surface area contributed by atoms with E-state index in [0.29, 0.717) is 19.0 Å². The van der Waals surface area contributed by atoms with E-state index in [1.165, 1.54) is 30.3 Å². The first-order valence-electron chi connectivity index (χ1n) is 9.12. The molecule has 1 aromatic heterocycles. The molecule has 0 bridgehead atoms. The lowest BCUT2D eigenvalue weighted by Gasteiger charge is -2.11. The number of hydrogen-bond donors (Lipinski definition) is 2. The van der Waals surface area contributed by atoms with Gasteiger partial charge in [-0.2, -0.15) is 13.2 Å². The van der Waals surface area contributed by atoms with Crippen LogP contribution in [0.25, 0.3) is 0 Å². The van der Waals surface area contributed by atoms with Crippen LogP contribution in [0.5, 0.6) is 0 Å². The number of benzene rings is 2. The first-order valence-corrected chi connectivity index (χ1v) is 10.6. The van der Waals surface area contributed by atoms with Gasteiger partial charge in [-0.25, -0.2) is 8.42 Å². The lowest BCUT2D eigenvalue weighted by atomic mass is 10.2. The molecule has 3 aromatic rings. The highest BCUT2D eigenvalue weighted by atomic mass is 32.2. The zero-order valence-corrected chi connectivity index (χ0v) is 16.9. The number of carbonyl (C=O) groups excluding carboxylic acids is 1. The molecule has 1 amide bonds. The van der Waals surface area contributed by atoms with Crippen molar-refractivity contribution in [2.75, 3.05) is 11.3 Å². The molecule has 2 N–H and O–H groups in total. The number of nitrogens with one attached hydrogen (secondary N) is 2. The maximum absolute atomic E-state index is 12.8. The summed E-state index contributed by atoms with van der Waals surface area (Å²) in [6, 6.07) is 12.7. The molecule has 3 rings (SSSR count). The quantitative estimate of drug-likeness (QED) is 0.573. The molecule has 0 saturated heterocycles. The average Bonchev–Trinajstić information content (AvgIpc) is 2.74. The third-order valence-corrected chi connectivity index (χ3v) is 5.69. The molecule has 6 nitrogen and oxygen atoms in total. The number of alkyl halides is 3. The maximum Gasteiger partial charge on any atom is 0.416 e. The van der Waals surface area contributed by atoms with Crippen molar-refractivity contribution in [2.24, 2.45) is 0 Å². The second-order valence-electron chi connectivity index (χ2n) is 6.58. The van der Waals surface area contributed by atoms with Gasteiger partial charge in [-0.15, -0.1) is 0 Å². The monoisotopic (exact) mass is 449 g/mol. The standard InChI is InChI=1S/C21H18F3N3O3S/c22-21(23,24)17-4-1-5-18(13-17)27-31(29,30)19-8-6-16(7-9-19)20(28)26-12-10-15-3-2-11-25-14-15/h1-9,11,13-14,27H,10,12H2,(H,26,28). The first kappa shape index (κ1) is 22.3. The molecule has 0 saturated carbocycles. The van der Waals surface area contributed by atoms with Gasteiger partial charge in [0, 0.05) is 30.2 Å². The van der Waals surface area contributed by atoms with Crippen LogP contribution in [0, 0.1) is 0 Å². The van der Waals surface area contributed by atoms with Gasteiger partial charge >= 0.3 is 6.18 Å². The summed E-state index contributed by atoms with van der Waals surface area (Å²) in [5.41, 5.74) is 0.0344. The van der Waals surface area contributed by atoms with Gasteiger partial charge in [0.1, 0.15) is 0 Å². The Labute approximate surface area is 177 Å². The van der Waals surface area contributed by atoms with E-state index in [2.05, 4.69) is 15.0 Å². The van der Waals surface area contributed by atoms with Crippen LogP contribution in [0.15, 0.2) is 78.0 Å². The maximum atomic E-state index is 12.8. The van der Waals surface area contributed by atoms with E-state index in [-0.39, 0.29) is 22.1 Å². The Bertz CT molecular complexity index is 1150. The lowest BCUT2D eigenvalue weighted by molar-refractivity contribution is -0.137. The van der Waals surface area contributed by atoms with Crippen LogP contribution in [-0.2, 0) is 22.6 Å². The molecular weight excluding hydrogens is 431 g/mol. The van der Waals surface area contributed by atoms with Crippen molar-refractivity contribution in [3.63, 3.8) is 0 Å². The Morgan fingerprint density at radius 1 is 1.00 bits per heavy atom. The second kappa shape index (κ2) is 9.17.